The third kappa shape index (κ3) is 10.3. The lowest BCUT2D eigenvalue weighted by Crippen LogP contribution is -2.46. The number of halogens is 4. The first kappa shape index (κ1) is 37.0. The Labute approximate surface area is 269 Å². The van der Waals surface area contributed by atoms with Crippen LogP contribution in [-0.2, 0) is 24.4 Å². The molecule has 0 aliphatic carbocycles. The Balaban J connectivity index is 0.000000358. The molecule has 3 aromatic rings. The summed E-state index contributed by atoms with van der Waals surface area (Å²) in [6, 6.07) is 17.5. The molecule has 2 N–H and O–H groups in total. The highest BCUT2D eigenvalue weighted by Crippen LogP contribution is 2.39. The third-order valence-electron chi connectivity index (χ3n) is 6.91. The van der Waals surface area contributed by atoms with E-state index in [4.69, 9.17) is 14.9 Å². The van der Waals surface area contributed by atoms with Crippen molar-refractivity contribution < 1.29 is 54.7 Å². The maximum Gasteiger partial charge on any atom is 0.534 e. The van der Waals surface area contributed by atoms with Crippen LogP contribution >= 0.6 is 0 Å². The molecule has 47 heavy (non-hydrogen) atoms. The van der Waals surface area contributed by atoms with Crippen molar-refractivity contribution in [1.82, 2.24) is 0 Å². The first-order chi connectivity index (χ1) is 22.2. The topological polar surface area (TPSA) is 130 Å². The van der Waals surface area contributed by atoms with E-state index in [1.165, 1.54) is 36.1 Å². The van der Waals surface area contributed by atoms with Crippen LogP contribution in [0.15, 0.2) is 72.8 Å². The number of hydrogen-bond donors (Lipinski definition) is 2. The summed E-state index contributed by atoms with van der Waals surface area (Å²) in [4.78, 5) is 24.5. The zero-order valence-corrected chi connectivity index (χ0v) is 26.2. The van der Waals surface area contributed by atoms with Crippen LogP contribution in [0.2, 0.25) is 0 Å². The van der Waals surface area contributed by atoms with Crippen LogP contribution in [0.5, 0.6) is 5.75 Å². The van der Waals surface area contributed by atoms with E-state index in [1.807, 2.05) is 6.92 Å². The molecule has 9 nitrogen and oxygen atoms in total. The van der Waals surface area contributed by atoms with Crippen molar-refractivity contribution >= 4 is 27.7 Å². The second-order valence-corrected chi connectivity index (χ2v) is 11.9. The number of alkyl halides is 3. The van der Waals surface area contributed by atoms with Crippen molar-refractivity contribution in [2.24, 2.45) is 5.92 Å². The maximum absolute atomic E-state index is 12.6. The Kier molecular flexibility index (Phi) is 12.9. The van der Waals surface area contributed by atoms with Crippen LogP contribution in [0.25, 0.3) is 0 Å². The van der Waals surface area contributed by atoms with E-state index in [1.54, 1.807) is 36.4 Å². The number of esters is 1. The number of amides is 1. The van der Waals surface area contributed by atoms with Gasteiger partial charge in [0, 0.05) is 43.7 Å². The second-order valence-electron chi connectivity index (χ2n) is 10.4. The fraction of sp³-hybridized carbons (Fsp3) is 0.333. The number of aliphatic hydroxyl groups is 2. The highest BCUT2D eigenvalue weighted by atomic mass is 32.2. The molecule has 0 radical (unpaired) electrons. The van der Waals surface area contributed by atoms with Gasteiger partial charge in [0.25, 0.3) is 0 Å². The molecular formula is C33H33F4NO8S. The average Bonchev–Trinajstić information content (AvgIpc) is 3.02. The number of benzene rings is 3. The minimum absolute atomic E-state index is 0.146. The van der Waals surface area contributed by atoms with Gasteiger partial charge in [-0.3, -0.25) is 9.59 Å². The predicted molar refractivity (Wildman–Crippen MR) is 164 cm³/mol. The molecule has 1 heterocycles. The van der Waals surface area contributed by atoms with Gasteiger partial charge in [0.05, 0.1) is 12.5 Å². The lowest BCUT2D eigenvalue weighted by atomic mass is 9.93. The number of carbonyl (C=O) groups excluding carboxylic acids is 2. The number of rotatable bonds is 10. The Morgan fingerprint density at radius 1 is 1.00 bits per heavy atom. The molecule has 252 valence electrons. The monoisotopic (exact) mass is 679 g/mol. The van der Waals surface area contributed by atoms with Crippen molar-refractivity contribution in [3.8, 4) is 17.6 Å². The fourth-order valence-corrected chi connectivity index (χ4v) is 4.84. The maximum atomic E-state index is 12.6. The summed E-state index contributed by atoms with van der Waals surface area (Å²) in [6.07, 6.45) is 0.941. The molecule has 0 saturated carbocycles. The highest BCUT2D eigenvalue weighted by Gasteiger charge is 2.48. The molecule has 0 bridgehead atoms. The number of hydrogen-bond acceptors (Lipinski definition) is 8. The predicted octanol–water partition coefficient (Wildman–Crippen LogP) is 5.58. The number of anilines is 1. The quantitative estimate of drug-likeness (QED) is 0.0710. The Hall–Kier alpha value is -4.45. The third-order valence-corrected chi connectivity index (χ3v) is 7.89. The largest absolute Gasteiger partial charge is 0.534 e. The summed E-state index contributed by atoms with van der Waals surface area (Å²) in [5, 5.41) is 18.1. The van der Waals surface area contributed by atoms with Crippen LogP contribution in [0.4, 0.5) is 23.2 Å². The summed E-state index contributed by atoms with van der Waals surface area (Å²) in [5.41, 5.74) is -2.81. The molecule has 2 atom stereocenters. The molecule has 1 saturated heterocycles. The standard InChI is InChI=1S/C22H20F3NO6S.C11H13FO2/c23-22(24,25)33(30,31)32-19-10-6-17(7-11-19)20-12-21(29)26(20)18-8-4-15(5-9-18)2-1-3-16(13-27)14-28;1-3-11(14-8(2)13)9-4-6-10(12)7-5-9/h4-11,16,20,27-28H,3,12-14H2;4-7,11H,3H2,1-2H3. The molecular weight excluding hydrogens is 646 g/mol. The van der Waals surface area contributed by atoms with Crippen molar-refractivity contribution in [3.05, 3.63) is 95.3 Å². The molecule has 1 aliphatic rings. The van der Waals surface area contributed by atoms with E-state index >= 15 is 0 Å². The van der Waals surface area contributed by atoms with Crippen LogP contribution < -0.4 is 9.08 Å². The van der Waals surface area contributed by atoms with E-state index in [2.05, 4.69) is 16.0 Å². The number of nitrogens with zero attached hydrogens (tertiary/aromatic N) is 1. The molecule has 1 fully saturated rings. The van der Waals surface area contributed by atoms with Gasteiger partial charge in [0.15, 0.2) is 0 Å². The molecule has 1 aliphatic heterocycles. The molecule has 3 aromatic carbocycles. The van der Waals surface area contributed by atoms with Gasteiger partial charge in [-0.15, -0.1) is 0 Å². The van der Waals surface area contributed by atoms with Gasteiger partial charge in [-0.2, -0.15) is 21.6 Å². The van der Waals surface area contributed by atoms with Crippen LogP contribution in [-0.4, -0.2) is 49.2 Å². The molecule has 14 heteroatoms. The number of aliphatic hydroxyl groups excluding tert-OH is 2. The zero-order valence-electron chi connectivity index (χ0n) is 25.4. The van der Waals surface area contributed by atoms with Gasteiger partial charge >= 0.3 is 21.6 Å². The Morgan fingerprint density at radius 2 is 1.60 bits per heavy atom. The lowest BCUT2D eigenvalue weighted by Gasteiger charge is -2.40. The lowest BCUT2D eigenvalue weighted by molar-refractivity contribution is -0.146. The minimum Gasteiger partial charge on any atom is -0.458 e. The highest BCUT2D eigenvalue weighted by molar-refractivity contribution is 7.88. The van der Waals surface area contributed by atoms with E-state index in [0.29, 0.717) is 29.7 Å². The first-order valence-corrected chi connectivity index (χ1v) is 15.8. The normalized spacial score (nSPS) is 15.0. The zero-order chi connectivity index (χ0) is 34.8. The van der Waals surface area contributed by atoms with Gasteiger partial charge in [-0.1, -0.05) is 43.0 Å². The smallest absolute Gasteiger partial charge is 0.458 e. The number of ether oxygens (including phenoxy) is 1. The number of carbonyl (C=O) groups is 2. The van der Waals surface area contributed by atoms with E-state index in [-0.39, 0.29) is 55.4 Å². The minimum atomic E-state index is -5.76. The van der Waals surface area contributed by atoms with Crippen molar-refractivity contribution in [3.63, 3.8) is 0 Å². The fourth-order valence-electron chi connectivity index (χ4n) is 4.38. The summed E-state index contributed by atoms with van der Waals surface area (Å²) in [7, 11) is -5.76. The van der Waals surface area contributed by atoms with Gasteiger partial charge < -0.3 is 24.0 Å². The average molecular weight is 680 g/mol. The number of β-lactam (4-membered cyclic amide) rings is 1. The Bertz CT molecular complexity index is 1660. The van der Waals surface area contributed by atoms with Gasteiger partial charge in [-0.05, 0) is 66.1 Å². The molecule has 1 amide bonds. The van der Waals surface area contributed by atoms with E-state index in [9.17, 15) is 35.6 Å². The Morgan fingerprint density at radius 3 is 2.09 bits per heavy atom. The molecule has 4 rings (SSSR count). The van der Waals surface area contributed by atoms with Crippen LogP contribution in [0.3, 0.4) is 0 Å². The summed E-state index contributed by atoms with van der Waals surface area (Å²) in [6.45, 7) is 2.96. The SMILES string of the molecule is CCC(OC(C)=O)c1ccc(F)cc1.O=C1CC(c2ccc(OS(=O)(=O)C(F)(F)F)cc2)N1c1ccc(C#CCC(CO)CO)cc1. The van der Waals surface area contributed by atoms with Crippen molar-refractivity contribution in [2.45, 2.75) is 50.8 Å². The molecule has 0 spiro atoms. The van der Waals surface area contributed by atoms with E-state index in [0.717, 1.165) is 17.7 Å². The van der Waals surface area contributed by atoms with Crippen molar-refractivity contribution in [2.75, 3.05) is 18.1 Å². The molecule has 2 unspecified atom stereocenters. The summed E-state index contributed by atoms with van der Waals surface area (Å²) >= 11 is 0. The summed E-state index contributed by atoms with van der Waals surface area (Å²) in [5.74, 6) is 4.26. The first-order valence-electron chi connectivity index (χ1n) is 14.3. The van der Waals surface area contributed by atoms with Gasteiger partial charge in [-0.25, -0.2) is 4.39 Å². The second kappa shape index (κ2) is 16.4. The van der Waals surface area contributed by atoms with Gasteiger partial charge in [0.1, 0.15) is 17.7 Å². The van der Waals surface area contributed by atoms with Gasteiger partial charge in [0.2, 0.25) is 5.91 Å². The van der Waals surface area contributed by atoms with Crippen molar-refractivity contribution in [1.29, 1.82) is 0 Å². The summed E-state index contributed by atoms with van der Waals surface area (Å²) < 4.78 is 81.3. The van der Waals surface area contributed by atoms with Crippen LogP contribution in [0, 0.1) is 23.6 Å². The molecule has 0 aromatic heterocycles. The van der Waals surface area contributed by atoms with E-state index < -0.39 is 21.4 Å². The van der Waals surface area contributed by atoms with Crippen LogP contribution in [0.1, 0.15) is 61.9 Å².